The van der Waals surface area contributed by atoms with Crippen LogP contribution < -0.4 is 0 Å². The normalized spacial score (nSPS) is 20.3. The molecule has 0 bridgehead atoms. The number of hydrogen-bond donors (Lipinski definition) is 0. The van der Waals surface area contributed by atoms with E-state index in [-0.39, 0.29) is 17.9 Å². The molecule has 4 heteroatoms. The Bertz CT molecular complexity index is 688. The molecule has 1 aromatic heterocycles. The molecule has 1 amide bonds. The summed E-state index contributed by atoms with van der Waals surface area (Å²) in [5, 5.41) is 0. The Morgan fingerprint density at radius 2 is 1.88 bits per heavy atom. The summed E-state index contributed by atoms with van der Waals surface area (Å²) < 4.78 is 6.28. The second-order valence-corrected chi connectivity index (χ2v) is 7.38. The van der Waals surface area contributed by atoms with Crippen LogP contribution in [0.3, 0.4) is 0 Å². The summed E-state index contributed by atoms with van der Waals surface area (Å²) in [6.07, 6.45) is 5.58. The summed E-state index contributed by atoms with van der Waals surface area (Å²) in [4.78, 5) is 18.5. The van der Waals surface area contributed by atoms with Gasteiger partial charge in [0.15, 0.2) is 0 Å². The molecule has 3 rings (SSSR count). The molecule has 26 heavy (non-hydrogen) atoms. The van der Waals surface area contributed by atoms with E-state index in [0.717, 1.165) is 31.5 Å². The minimum absolute atomic E-state index is 0.0432. The molecule has 1 saturated heterocycles. The van der Waals surface area contributed by atoms with Crippen molar-refractivity contribution in [3.8, 4) is 0 Å². The second kappa shape index (κ2) is 8.95. The average molecular weight is 352 g/mol. The third kappa shape index (κ3) is 4.92. The van der Waals surface area contributed by atoms with Gasteiger partial charge in [0, 0.05) is 37.3 Å². The first-order valence-electron chi connectivity index (χ1n) is 9.46. The quantitative estimate of drug-likeness (QED) is 0.796. The summed E-state index contributed by atoms with van der Waals surface area (Å²) in [6.45, 7) is 6.09. The van der Waals surface area contributed by atoms with Crippen LogP contribution in [0.4, 0.5) is 0 Å². The molecule has 0 aliphatic carbocycles. The van der Waals surface area contributed by atoms with Crippen molar-refractivity contribution in [2.24, 2.45) is 11.8 Å². The van der Waals surface area contributed by atoms with Crippen molar-refractivity contribution in [1.29, 1.82) is 0 Å². The highest BCUT2D eigenvalue weighted by Gasteiger charge is 2.32. The molecule has 0 unspecified atom stereocenters. The van der Waals surface area contributed by atoms with Crippen LogP contribution in [0.1, 0.15) is 31.4 Å². The Morgan fingerprint density at radius 1 is 1.15 bits per heavy atom. The molecule has 2 aromatic rings. The molecule has 1 fully saturated rings. The lowest BCUT2D eigenvalue weighted by molar-refractivity contribution is -0.139. The zero-order chi connectivity index (χ0) is 18.4. The van der Waals surface area contributed by atoms with Gasteiger partial charge in [-0.15, -0.1) is 0 Å². The Hall–Kier alpha value is -2.20. The van der Waals surface area contributed by atoms with Gasteiger partial charge in [0.2, 0.25) is 5.91 Å². The number of carbonyl (C=O) groups excluding carboxylic acids is 1. The fourth-order valence-corrected chi connectivity index (χ4v) is 3.59. The van der Waals surface area contributed by atoms with Gasteiger partial charge >= 0.3 is 0 Å². The van der Waals surface area contributed by atoms with E-state index in [0.29, 0.717) is 12.5 Å². The van der Waals surface area contributed by atoms with Crippen molar-refractivity contribution in [1.82, 2.24) is 9.88 Å². The third-order valence-electron chi connectivity index (χ3n) is 5.02. The number of amides is 1. The topological polar surface area (TPSA) is 42.4 Å². The van der Waals surface area contributed by atoms with Crippen molar-refractivity contribution in [2.75, 3.05) is 13.1 Å². The fourth-order valence-electron chi connectivity index (χ4n) is 3.59. The molecule has 0 saturated carbocycles. The lowest BCUT2D eigenvalue weighted by Crippen LogP contribution is -2.48. The molecule has 2 heterocycles. The first-order valence-corrected chi connectivity index (χ1v) is 9.46. The van der Waals surface area contributed by atoms with Crippen molar-refractivity contribution >= 4 is 5.91 Å². The van der Waals surface area contributed by atoms with E-state index in [1.54, 1.807) is 12.4 Å². The van der Waals surface area contributed by atoms with Crippen molar-refractivity contribution in [3.05, 3.63) is 66.0 Å². The molecule has 2 atom stereocenters. The number of rotatable bonds is 6. The maximum atomic E-state index is 12.5. The standard InChI is InChI=1S/C22H28N2O2/c1-17(2)22(25)24-13-10-21(26-16-19-8-11-23-12-9-19)20(15-24)14-18-6-4-3-5-7-18/h3-9,11-12,17,20-21H,10,13-16H2,1-2H3/t20-,21-/m1/s1. The highest BCUT2D eigenvalue weighted by Crippen LogP contribution is 2.26. The molecule has 0 N–H and O–H groups in total. The van der Waals surface area contributed by atoms with E-state index < -0.39 is 0 Å². The first-order chi connectivity index (χ1) is 12.6. The van der Waals surface area contributed by atoms with E-state index in [2.05, 4.69) is 29.2 Å². The number of likely N-dealkylation sites (tertiary alicyclic amines) is 1. The molecule has 4 nitrogen and oxygen atoms in total. The van der Waals surface area contributed by atoms with E-state index in [4.69, 9.17) is 4.74 Å². The van der Waals surface area contributed by atoms with Crippen molar-refractivity contribution in [3.63, 3.8) is 0 Å². The summed E-state index contributed by atoms with van der Waals surface area (Å²) in [7, 11) is 0. The number of pyridine rings is 1. The van der Waals surface area contributed by atoms with Gasteiger partial charge in [0.1, 0.15) is 0 Å². The maximum absolute atomic E-state index is 12.5. The molecule has 1 aromatic carbocycles. The van der Waals surface area contributed by atoms with E-state index >= 15 is 0 Å². The first kappa shape index (κ1) is 18.6. The summed E-state index contributed by atoms with van der Waals surface area (Å²) >= 11 is 0. The van der Waals surface area contributed by atoms with Gasteiger partial charge in [-0.1, -0.05) is 44.2 Å². The number of nitrogens with zero attached hydrogens (tertiary/aromatic N) is 2. The Balaban J connectivity index is 1.68. The zero-order valence-electron chi connectivity index (χ0n) is 15.7. The van der Waals surface area contributed by atoms with E-state index in [9.17, 15) is 4.79 Å². The number of piperidine rings is 1. The van der Waals surface area contributed by atoms with Crippen LogP contribution in [-0.2, 0) is 22.6 Å². The fraction of sp³-hybridized carbons (Fsp3) is 0.455. The van der Waals surface area contributed by atoms with Crippen LogP contribution in [0.5, 0.6) is 0 Å². The average Bonchev–Trinajstić information content (AvgIpc) is 2.68. The number of hydrogen-bond acceptors (Lipinski definition) is 3. The zero-order valence-corrected chi connectivity index (χ0v) is 15.7. The number of aromatic nitrogens is 1. The van der Waals surface area contributed by atoms with Gasteiger partial charge < -0.3 is 9.64 Å². The summed E-state index contributed by atoms with van der Waals surface area (Å²) in [5.74, 6) is 0.605. The van der Waals surface area contributed by atoms with Crippen LogP contribution in [0.15, 0.2) is 54.9 Å². The predicted molar refractivity (Wildman–Crippen MR) is 102 cm³/mol. The largest absolute Gasteiger partial charge is 0.373 e. The second-order valence-electron chi connectivity index (χ2n) is 7.38. The van der Waals surface area contributed by atoms with Gasteiger partial charge in [-0.25, -0.2) is 0 Å². The molecule has 0 spiro atoms. The van der Waals surface area contributed by atoms with Crippen molar-refractivity contribution < 1.29 is 9.53 Å². The lowest BCUT2D eigenvalue weighted by atomic mass is 9.88. The monoisotopic (exact) mass is 352 g/mol. The highest BCUT2D eigenvalue weighted by atomic mass is 16.5. The van der Waals surface area contributed by atoms with Crippen LogP contribution in [0.2, 0.25) is 0 Å². The van der Waals surface area contributed by atoms with E-state index in [1.807, 2.05) is 36.9 Å². The van der Waals surface area contributed by atoms with Gasteiger partial charge in [-0.2, -0.15) is 0 Å². The van der Waals surface area contributed by atoms with E-state index in [1.165, 1.54) is 5.56 Å². The maximum Gasteiger partial charge on any atom is 0.225 e. The number of ether oxygens (including phenoxy) is 1. The Labute approximate surface area is 156 Å². The number of carbonyl (C=O) groups is 1. The Morgan fingerprint density at radius 3 is 2.58 bits per heavy atom. The predicted octanol–water partition coefficient (Wildman–Crippen LogP) is 3.71. The number of benzene rings is 1. The molecular formula is C22H28N2O2. The molecule has 1 aliphatic heterocycles. The molecule has 0 radical (unpaired) electrons. The summed E-state index contributed by atoms with van der Waals surface area (Å²) in [5.41, 5.74) is 2.44. The van der Waals surface area contributed by atoms with Crippen LogP contribution in [0, 0.1) is 11.8 Å². The van der Waals surface area contributed by atoms with Crippen LogP contribution in [0.25, 0.3) is 0 Å². The van der Waals surface area contributed by atoms with Gasteiger partial charge in [-0.05, 0) is 36.1 Å². The summed E-state index contributed by atoms with van der Waals surface area (Å²) in [6, 6.07) is 14.5. The lowest BCUT2D eigenvalue weighted by Gasteiger charge is -2.39. The molecule has 138 valence electrons. The minimum Gasteiger partial charge on any atom is -0.373 e. The van der Waals surface area contributed by atoms with Crippen LogP contribution >= 0.6 is 0 Å². The Kier molecular flexibility index (Phi) is 6.40. The SMILES string of the molecule is CC(C)C(=O)N1CC[C@@H](OCc2ccncc2)[C@H](Cc2ccccc2)C1. The molecular weight excluding hydrogens is 324 g/mol. The molecule has 1 aliphatic rings. The van der Waals surface area contributed by atoms with Gasteiger partial charge in [0.25, 0.3) is 0 Å². The van der Waals surface area contributed by atoms with Gasteiger partial charge in [-0.3, -0.25) is 9.78 Å². The van der Waals surface area contributed by atoms with Crippen molar-refractivity contribution in [2.45, 2.75) is 39.4 Å². The third-order valence-corrected chi connectivity index (χ3v) is 5.02. The smallest absolute Gasteiger partial charge is 0.225 e. The van der Waals surface area contributed by atoms with Crippen LogP contribution in [-0.4, -0.2) is 35.0 Å². The highest BCUT2D eigenvalue weighted by molar-refractivity contribution is 5.78. The van der Waals surface area contributed by atoms with Gasteiger partial charge in [0.05, 0.1) is 12.7 Å². The minimum atomic E-state index is 0.0432.